The normalized spacial score (nSPS) is 22.1. The molecule has 0 spiro atoms. The Bertz CT molecular complexity index is 1020. The quantitative estimate of drug-likeness (QED) is 0.648. The number of amides is 1. The molecule has 5 rings (SSSR count). The first kappa shape index (κ1) is 24.0. The van der Waals surface area contributed by atoms with Crippen molar-refractivity contribution in [2.75, 3.05) is 38.0 Å². The van der Waals surface area contributed by atoms with Crippen LogP contribution in [0.4, 0.5) is 5.82 Å². The van der Waals surface area contributed by atoms with Gasteiger partial charge < -0.3 is 14.8 Å². The Kier molecular flexibility index (Phi) is 7.51. The van der Waals surface area contributed by atoms with E-state index in [9.17, 15) is 4.79 Å². The number of benzene rings is 1. The number of fused-ring (bicyclic) bond motifs is 1. The molecule has 1 aromatic heterocycles. The number of carbonyl (C=O) groups is 1. The van der Waals surface area contributed by atoms with Gasteiger partial charge in [-0.3, -0.25) is 14.7 Å². The lowest BCUT2D eigenvalue weighted by molar-refractivity contribution is -0.133. The van der Waals surface area contributed by atoms with Crippen LogP contribution in [-0.2, 0) is 11.3 Å². The van der Waals surface area contributed by atoms with Gasteiger partial charge in [0.15, 0.2) is 5.82 Å². The molecule has 2 aliphatic heterocycles. The highest BCUT2D eigenvalue weighted by Crippen LogP contribution is 2.31. The number of imidazole rings is 1. The van der Waals surface area contributed by atoms with E-state index >= 15 is 0 Å². The summed E-state index contributed by atoms with van der Waals surface area (Å²) < 4.78 is 2.17. The van der Waals surface area contributed by atoms with E-state index in [4.69, 9.17) is 4.98 Å². The zero-order chi connectivity index (χ0) is 24.2. The molecule has 0 bridgehead atoms. The lowest BCUT2D eigenvalue weighted by atomic mass is 9.87. The molecule has 2 aromatic rings. The molecule has 3 heterocycles. The summed E-state index contributed by atoms with van der Waals surface area (Å²) in [7, 11) is 0. The fraction of sp³-hybridized carbons (Fsp3) is 0.607. The molecule has 2 fully saturated rings. The Morgan fingerprint density at radius 3 is 2.57 bits per heavy atom. The summed E-state index contributed by atoms with van der Waals surface area (Å²) in [6, 6.07) is 10.1. The van der Waals surface area contributed by atoms with Gasteiger partial charge in [0.2, 0.25) is 5.91 Å². The second-order valence-corrected chi connectivity index (χ2v) is 10.6. The topological polar surface area (TPSA) is 65.8 Å². The van der Waals surface area contributed by atoms with Crippen LogP contribution in [0.3, 0.4) is 0 Å². The van der Waals surface area contributed by atoms with E-state index in [2.05, 4.69) is 38.8 Å². The highest BCUT2D eigenvalue weighted by molar-refractivity contribution is 5.88. The SMILES string of the molecule is CC1Cn2c(nc(-c3ccccc3)c2NC(C)C(=O)N2CCN(CCC3CCCCC3)CC2)C=N1. The number of piperazine rings is 1. The first-order chi connectivity index (χ1) is 17.1. The molecule has 35 heavy (non-hydrogen) atoms. The first-order valence-electron chi connectivity index (χ1n) is 13.6. The van der Waals surface area contributed by atoms with Crippen molar-refractivity contribution in [3.63, 3.8) is 0 Å². The maximum Gasteiger partial charge on any atom is 0.244 e. The summed E-state index contributed by atoms with van der Waals surface area (Å²) in [6.07, 6.45) is 10.2. The number of nitrogens with one attached hydrogen (secondary N) is 1. The average molecular weight is 477 g/mol. The van der Waals surface area contributed by atoms with Crippen LogP contribution in [0.1, 0.15) is 58.2 Å². The van der Waals surface area contributed by atoms with Crippen molar-refractivity contribution in [2.24, 2.45) is 10.9 Å². The van der Waals surface area contributed by atoms with Crippen LogP contribution in [0.15, 0.2) is 35.3 Å². The minimum absolute atomic E-state index is 0.170. The molecule has 7 heteroatoms. The molecule has 2 atom stereocenters. The van der Waals surface area contributed by atoms with Gasteiger partial charge in [0.05, 0.1) is 12.3 Å². The third kappa shape index (κ3) is 5.61. The van der Waals surface area contributed by atoms with Crippen molar-refractivity contribution in [1.82, 2.24) is 19.4 Å². The van der Waals surface area contributed by atoms with Gasteiger partial charge >= 0.3 is 0 Å². The number of aromatic nitrogens is 2. The fourth-order valence-electron chi connectivity index (χ4n) is 5.78. The number of carbonyl (C=O) groups excluding carboxylic acids is 1. The van der Waals surface area contributed by atoms with Crippen molar-refractivity contribution in [3.8, 4) is 11.3 Å². The smallest absolute Gasteiger partial charge is 0.244 e. The summed E-state index contributed by atoms with van der Waals surface area (Å²) in [5, 5.41) is 3.55. The van der Waals surface area contributed by atoms with Crippen LogP contribution in [0.2, 0.25) is 0 Å². The number of hydrogen-bond donors (Lipinski definition) is 1. The van der Waals surface area contributed by atoms with Crippen molar-refractivity contribution < 1.29 is 4.79 Å². The lowest BCUT2D eigenvalue weighted by Gasteiger charge is -2.37. The predicted octanol–water partition coefficient (Wildman–Crippen LogP) is 4.29. The average Bonchev–Trinajstić information content (AvgIpc) is 3.25. The van der Waals surface area contributed by atoms with Gasteiger partial charge in [-0.1, -0.05) is 62.4 Å². The minimum Gasteiger partial charge on any atom is -0.358 e. The predicted molar refractivity (Wildman–Crippen MR) is 142 cm³/mol. The van der Waals surface area contributed by atoms with Gasteiger partial charge in [0, 0.05) is 38.3 Å². The van der Waals surface area contributed by atoms with Gasteiger partial charge in [0.25, 0.3) is 0 Å². The molecule has 0 radical (unpaired) electrons. The van der Waals surface area contributed by atoms with E-state index < -0.39 is 0 Å². The zero-order valence-electron chi connectivity index (χ0n) is 21.3. The largest absolute Gasteiger partial charge is 0.358 e. The Hall–Kier alpha value is -2.67. The Morgan fingerprint density at radius 1 is 1.09 bits per heavy atom. The zero-order valence-corrected chi connectivity index (χ0v) is 21.3. The molecule has 2 unspecified atom stereocenters. The van der Waals surface area contributed by atoms with Crippen molar-refractivity contribution in [2.45, 2.75) is 71.0 Å². The summed E-state index contributed by atoms with van der Waals surface area (Å²) >= 11 is 0. The second-order valence-electron chi connectivity index (χ2n) is 10.6. The highest BCUT2D eigenvalue weighted by Gasteiger charge is 2.28. The van der Waals surface area contributed by atoms with Gasteiger partial charge in [-0.2, -0.15) is 0 Å². The fourth-order valence-corrected chi connectivity index (χ4v) is 5.78. The van der Waals surface area contributed by atoms with Crippen LogP contribution in [-0.4, -0.2) is 76.3 Å². The van der Waals surface area contributed by atoms with E-state index in [1.807, 2.05) is 36.2 Å². The molecule has 7 nitrogen and oxygen atoms in total. The van der Waals surface area contributed by atoms with Crippen LogP contribution in [0.25, 0.3) is 11.3 Å². The standard InChI is InChI=1S/C28H40N6O/c1-21-20-34-25(19-29-21)31-26(24-11-7-4-8-12-24)27(34)30-22(2)28(35)33-17-15-32(16-18-33)14-13-23-9-5-3-6-10-23/h4,7-8,11-12,19,21-23,30H,3,5-6,9-10,13-18,20H2,1-2H3. The van der Waals surface area contributed by atoms with E-state index in [1.54, 1.807) is 0 Å². The van der Waals surface area contributed by atoms with Gasteiger partial charge in [-0.15, -0.1) is 0 Å². The number of nitrogens with zero attached hydrogens (tertiary/aromatic N) is 5. The Balaban J connectivity index is 1.21. The molecule has 1 aliphatic carbocycles. The molecule has 1 amide bonds. The molecular formula is C28H40N6O. The summed E-state index contributed by atoms with van der Waals surface area (Å²) in [6.45, 7) is 9.62. The van der Waals surface area contributed by atoms with Crippen molar-refractivity contribution >= 4 is 17.9 Å². The lowest BCUT2D eigenvalue weighted by Crippen LogP contribution is -2.52. The second kappa shape index (κ2) is 10.9. The Labute approximate surface area is 209 Å². The van der Waals surface area contributed by atoms with E-state index in [1.165, 1.54) is 45.1 Å². The summed E-state index contributed by atoms with van der Waals surface area (Å²) in [5.74, 6) is 2.84. The van der Waals surface area contributed by atoms with E-state index in [0.717, 1.165) is 61.5 Å². The monoisotopic (exact) mass is 476 g/mol. The first-order valence-corrected chi connectivity index (χ1v) is 13.6. The molecule has 1 saturated heterocycles. The maximum atomic E-state index is 13.4. The molecule has 1 saturated carbocycles. The molecule has 188 valence electrons. The summed E-state index contributed by atoms with van der Waals surface area (Å²) in [4.78, 5) is 27.4. The van der Waals surface area contributed by atoms with Crippen molar-refractivity contribution in [1.29, 1.82) is 0 Å². The summed E-state index contributed by atoms with van der Waals surface area (Å²) in [5.41, 5.74) is 1.93. The van der Waals surface area contributed by atoms with E-state index in [-0.39, 0.29) is 18.0 Å². The van der Waals surface area contributed by atoms with Crippen LogP contribution in [0, 0.1) is 5.92 Å². The minimum atomic E-state index is -0.318. The number of hydrogen-bond acceptors (Lipinski definition) is 5. The number of anilines is 1. The molecule has 1 aromatic carbocycles. The highest BCUT2D eigenvalue weighted by atomic mass is 16.2. The molecule has 3 aliphatic rings. The van der Waals surface area contributed by atoms with Crippen LogP contribution in [0.5, 0.6) is 0 Å². The van der Waals surface area contributed by atoms with Gasteiger partial charge in [-0.25, -0.2) is 4.98 Å². The van der Waals surface area contributed by atoms with Gasteiger partial charge in [-0.05, 0) is 32.7 Å². The third-order valence-corrected chi connectivity index (χ3v) is 7.92. The Morgan fingerprint density at radius 2 is 1.83 bits per heavy atom. The van der Waals surface area contributed by atoms with Crippen LogP contribution >= 0.6 is 0 Å². The maximum absolute atomic E-state index is 13.4. The molecular weight excluding hydrogens is 436 g/mol. The van der Waals surface area contributed by atoms with Crippen molar-refractivity contribution in [3.05, 3.63) is 36.2 Å². The third-order valence-electron chi connectivity index (χ3n) is 7.92. The number of rotatable bonds is 7. The van der Waals surface area contributed by atoms with E-state index in [0.29, 0.717) is 0 Å². The van der Waals surface area contributed by atoms with Gasteiger partial charge in [0.1, 0.15) is 17.6 Å². The number of aliphatic imine (C=N–C) groups is 1. The van der Waals surface area contributed by atoms with Crippen LogP contribution < -0.4 is 5.32 Å². The molecule has 1 N–H and O–H groups in total.